The van der Waals surface area contributed by atoms with Gasteiger partial charge in [0.1, 0.15) is 5.82 Å². The molecule has 0 radical (unpaired) electrons. The van der Waals surface area contributed by atoms with Gasteiger partial charge in [0.25, 0.3) is 0 Å². The number of amides is 1. The molecule has 0 spiro atoms. The predicted octanol–water partition coefficient (Wildman–Crippen LogP) is 3.82. The maximum absolute atomic E-state index is 13.4. The Balaban J connectivity index is 1.69. The third-order valence-corrected chi connectivity index (χ3v) is 6.47. The van der Waals surface area contributed by atoms with Gasteiger partial charge >= 0.3 is 0 Å². The molecule has 0 saturated heterocycles. The van der Waals surface area contributed by atoms with Crippen molar-refractivity contribution in [3.63, 3.8) is 0 Å². The number of thioether (sulfide) groups is 1. The molecule has 1 heterocycles. The second kappa shape index (κ2) is 10.2. The molecule has 1 fully saturated rings. The molecular weight excluding hydrogens is 389 g/mol. The summed E-state index contributed by atoms with van der Waals surface area (Å²) in [7, 11) is 3.94. The molecule has 1 N–H and O–H groups in total. The van der Waals surface area contributed by atoms with Crippen molar-refractivity contribution in [1.29, 1.82) is 0 Å². The van der Waals surface area contributed by atoms with E-state index in [1.807, 2.05) is 30.5 Å². The largest absolute Gasteiger partial charge is 0.355 e. The van der Waals surface area contributed by atoms with Crippen LogP contribution in [0.3, 0.4) is 0 Å². The van der Waals surface area contributed by atoms with Crippen LogP contribution in [0.4, 0.5) is 4.39 Å². The maximum atomic E-state index is 13.4. The minimum absolute atomic E-state index is 0.0106. The Morgan fingerprint density at radius 3 is 2.59 bits per heavy atom. The van der Waals surface area contributed by atoms with Gasteiger partial charge in [0, 0.05) is 12.2 Å². The summed E-state index contributed by atoms with van der Waals surface area (Å²) in [6.45, 7) is 2.79. The van der Waals surface area contributed by atoms with E-state index in [4.69, 9.17) is 0 Å². The minimum atomic E-state index is -0.291. The molecule has 0 bridgehead atoms. The lowest BCUT2D eigenvalue weighted by molar-refractivity contribution is -0.118. The number of hydrogen-bond acceptors (Lipinski definition) is 5. The zero-order chi connectivity index (χ0) is 20.8. The molecule has 1 amide bonds. The average Bonchev–Trinajstić information content (AvgIpc) is 3.15. The normalized spacial score (nSPS) is 16.2. The topological polar surface area (TPSA) is 63.1 Å². The molecule has 1 aliphatic carbocycles. The highest BCUT2D eigenvalue weighted by molar-refractivity contribution is 7.99. The van der Waals surface area contributed by atoms with Gasteiger partial charge in [0.2, 0.25) is 5.91 Å². The molecule has 1 aliphatic rings. The summed E-state index contributed by atoms with van der Waals surface area (Å²) in [5.41, 5.74) is 0.783. The molecule has 3 rings (SSSR count). The number of benzene rings is 1. The van der Waals surface area contributed by atoms with Crippen molar-refractivity contribution in [2.75, 3.05) is 26.4 Å². The fourth-order valence-corrected chi connectivity index (χ4v) is 4.33. The van der Waals surface area contributed by atoms with Crippen LogP contribution < -0.4 is 5.32 Å². The van der Waals surface area contributed by atoms with Crippen LogP contribution in [0.25, 0.3) is 5.69 Å². The van der Waals surface area contributed by atoms with Gasteiger partial charge in [-0.3, -0.25) is 14.3 Å². The van der Waals surface area contributed by atoms with Crippen molar-refractivity contribution in [1.82, 2.24) is 25.0 Å². The average molecular weight is 420 g/mol. The highest BCUT2D eigenvalue weighted by Crippen LogP contribution is 2.27. The molecule has 6 nitrogen and oxygen atoms in total. The zero-order valence-corrected chi connectivity index (χ0v) is 18.2. The lowest BCUT2D eigenvalue weighted by Crippen LogP contribution is -2.31. The van der Waals surface area contributed by atoms with E-state index in [1.54, 1.807) is 12.1 Å². The van der Waals surface area contributed by atoms with E-state index in [9.17, 15) is 9.18 Å². The van der Waals surface area contributed by atoms with E-state index in [0.717, 1.165) is 18.1 Å². The molecule has 1 unspecified atom stereocenters. The monoisotopic (exact) mass is 419 g/mol. The third-order valence-electron chi connectivity index (χ3n) is 5.54. The van der Waals surface area contributed by atoms with Crippen LogP contribution in [-0.4, -0.2) is 52.0 Å². The number of nitrogens with zero attached hydrogens (tertiary/aromatic N) is 4. The number of nitrogens with one attached hydrogen (secondary N) is 1. The number of halogens is 1. The van der Waals surface area contributed by atoms with Gasteiger partial charge in [-0.15, -0.1) is 10.2 Å². The van der Waals surface area contributed by atoms with E-state index in [-0.39, 0.29) is 23.5 Å². The molecule has 1 atom stereocenters. The van der Waals surface area contributed by atoms with Gasteiger partial charge < -0.3 is 5.32 Å². The van der Waals surface area contributed by atoms with Crippen molar-refractivity contribution >= 4 is 17.7 Å². The number of hydrogen-bond donors (Lipinski definition) is 1. The van der Waals surface area contributed by atoms with Crippen molar-refractivity contribution in [2.24, 2.45) is 5.92 Å². The first-order chi connectivity index (χ1) is 14.0. The quantitative estimate of drug-likeness (QED) is 0.659. The predicted molar refractivity (Wildman–Crippen MR) is 114 cm³/mol. The second-order valence-electron chi connectivity index (χ2n) is 7.89. The first kappa shape index (κ1) is 21.8. The molecule has 1 saturated carbocycles. The summed E-state index contributed by atoms with van der Waals surface area (Å²) in [6.07, 6.45) is 6.26. The molecule has 1 aromatic carbocycles. The Kier molecular flexibility index (Phi) is 7.66. The van der Waals surface area contributed by atoms with Crippen LogP contribution in [0, 0.1) is 11.7 Å². The smallest absolute Gasteiger partial charge is 0.230 e. The van der Waals surface area contributed by atoms with Gasteiger partial charge in [0.15, 0.2) is 11.0 Å². The van der Waals surface area contributed by atoms with E-state index >= 15 is 0 Å². The molecule has 2 aromatic rings. The van der Waals surface area contributed by atoms with Gasteiger partial charge in [-0.25, -0.2) is 4.39 Å². The van der Waals surface area contributed by atoms with Crippen LogP contribution >= 0.6 is 11.8 Å². The van der Waals surface area contributed by atoms with Crippen LogP contribution in [0.15, 0.2) is 29.4 Å². The third kappa shape index (κ3) is 5.79. The van der Waals surface area contributed by atoms with Gasteiger partial charge in [-0.1, -0.05) is 31.0 Å². The van der Waals surface area contributed by atoms with E-state index in [2.05, 4.69) is 15.5 Å². The summed E-state index contributed by atoms with van der Waals surface area (Å²) in [5.74, 6) is 1.36. The summed E-state index contributed by atoms with van der Waals surface area (Å²) in [4.78, 5) is 14.4. The summed E-state index contributed by atoms with van der Waals surface area (Å²) in [6, 6.07) is 6.27. The van der Waals surface area contributed by atoms with Crippen molar-refractivity contribution in [2.45, 2.75) is 50.2 Å². The van der Waals surface area contributed by atoms with Gasteiger partial charge in [-0.05, 0) is 64.0 Å². The number of rotatable bonds is 8. The molecular formula is C21H30FN5OS. The Labute approximate surface area is 176 Å². The summed E-state index contributed by atoms with van der Waals surface area (Å²) < 4.78 is 15.3. The van der Waals surface area contributed by atoms with E-state index < -0.39 is 0 Å². The molecule has 158 valence electrons. The fourth-order valence-electron chi connectivity index (χ4n) is 3.54. The first-order valence-electron chi connectivity index (χ1n) is 10.2. The van der Waals surface area contributed by atoms with Crippen LogP contribution in [-0.2, 0) is 4.79 Å². The van der Waals surface area contributed by atoms with E-state index in [0.29, 0.717) is 11.1 Å². The standard InChI is InChI=1S/C21H30FN5OS/c1-15(26(2)3)20-24-25-21(27(20)18-11-9-17(22)10-12-18)29-14-19(28)23-13-16-7-5-4-6-8-16/h9-12,15-16H,4-8,13-14H2,1-3H3,(H,23,28). The second-order valence-corrected chi connectivity index (χ2v) is 8.83. The van der Waals surface area contributed by atoms with Crippen LogP contribution in [0.5, 0.6) is 0 Å². The number of carbonyl (C=O) groups is 1. The SMILES string of the molecule is CC(c1nnc(SCC(=O)NCC2CCCCC2)n1-c1ccc(F)cc1)N(C)C. The summed E-state index contributed by atoms with van der Waals surface area (Å²) >= 11 is 1.36. The Bertz CT molecular complexity index is 802. The highest BCUT2D eigenvalue weighted by Gasteiger charge is 2.22. The van der Waals surface area contributed by atoms with Crippen LogP contribution in [0.1, 0.15) is 50.9 Å². The van der Waals surface area contributed by atoms with Crippen molar-refractivity contribution in [3.8, 4) is 5.69 Å². The Hall–Kier alpha value is -1.93. The zero-order valence-electron chi connectivity index (χ0n) is 17.4. The Morgan fingerprint density at radius 2 is 1.93 bits per heavy atom. The van der Waals surface area contributed by atoms with Gasteiger partial charge in [0.05, 0.1) is 11.8 Å². The lowest BCUT2D eigenvalue weighted by Gasteiger charge is -2.21. The van der Waals surface area contributed by atoms with Gasteiger partial charge in [-0.2, -0.15) is 0 Å². The van der Waals surface area contributed by atoms with Crippen molar-refractivity contribution < 1.29 is 9.18 Å². The number of carbonyl (C=O) groups excluding carboxylic acids is 1. The molecule has 1 aromatic heterocycles. The molecule has 29 heavy (non-hydrogen) atoms. The molecule has 8 heteroatoms. The summed E-state index contributed by atoms with van der Waals surface area (Å²) in [5, 5.41) is 12.4. The van der Waals surface area contributed by atoms with Crippen LogP contribution in [0.2, 0.25) is 0 Å². The minimum Gasteiger partial charge on any atom is -0.355 e. The van der Waals surface area contributed by atoms with E-state index in [1.165, 1.54) is 56.0 Å². The maximum Gasteiger partial charge on any atom is 0.230 e. The Morgan fingerprint density at radius 1 is 1.24 bits per heavy atom. The lowest BCUT2D eigenvalue weighted by atomic mass is 9.89. The fraction of sp³-hybridized carbons (Fsp3) is 0.571. The first-order valence-corrected chi connectivity index (χ1v) is 11.2. The highest BCUT2D eigenvalue weighted by atomic mass is 32.2. The molecule has 0 aliphatic heterocycles. The number of aromatic nitrogens is 3. The van der Waals surface area contributed by atoms with Crippen molar-refractivity contribution in [3.05, 3.63) is 35.9 Å².